The highest BCUT2D eigenvalue weighted by Crippen LogP contribution is 2.21. The van der Waals surface area contributed by atoms with E-state index in [-0.39, 0.29) is 13.0 Å². The number of carboxylic acids is 1. The number of aliphatic carboxylic acids is 1. The number of nitrogens with zero attached hydrogens (tertiary/aromatic N) is 1. The van der Waals surface area contributed by atoms with Gasteiger partial charge in [-0.15, -0.1) is 0 Å². The molecule has 0 spiro atoms. The molecule has 5 heteroatoms. The van der Waals surface area contributed by atoms with Crippen molar-refractivity contribution < 1.29 is 19.1 Å². The third kappa shape index (κ3) is 2.75. The molecule has 0 aliphatic heterocycles. The smallest absolute Gasteiger partial charge is 0.306 e. The molecule has 5 nitrogen and oxygen atoms in total. The number of aromatic nitrogens is 1. The molecular formula is C12H13NO4. The Morgan fingerprint density at radius 3 is 3.06 bits per heavy atom. The van der Waals surface area contributed by atoms with E-state index >= 15 is 0 Å². The van der Waals surface area contributed by atoms with E-state index < -0.39 is 5.97 Å². The number of hydrogen-bond acceptors (Lipinski definition) is 4. The average molecular weight is 235 g/mol. The fraction of sp³-hybridized carbons (Fsp3) is 0.333. The molecule has 0 saturated carbocycles. The van der Waals surface area contributed by atoms with Gasteiger partial charge in [0.25, 0.3) is 0 Å². The molecule has 0 unspecified atom stereocenters. The molecule has 1 aromatic carbocycles. The van der Waals surface area contributed by atoms with Crippen molar-refractivity contribution >= 4 is 17.1 Å². The van der Waals surface area contributed by atoms with E-state index in [1.54, 1.807) is 18.2 Å². The van der Waals surface area contributed by atoms with Crippen molar-refractivity contribution in [2.45, 2.75) is 19.8 Å². The topological polar surface area (TPSA) is 72.6 Å². The maximum atomic E-state index is 10.3. The summed E-state index contributed by atoms with van der Waals surface area (Å²) in [5.74, 6) is 0.402. The summed E-state index contributed by atoms with van der Waals surface area (Å²) in [6.45, 7) is 2.12. The quantitative estimate of drug-likeness (QED) is 0.860. The number of fused-ring (bicyclic) bond motifs is 1. The first kappa shape index (κ1) is 11.4. The van der Waals surface area contributed by atoms with E-state index in [2.05, 4.69) is 4.98 Å². The number of hydrogen-bond donors (Lipinski definition) is 1. The number of ether oxygens (including phenoxy) is 1. The summed E-state index contributed by atoms with van der Waals surface area (Å²) in [5, 5.41) is 8.49. The lowest BCUT2D eigenvalue weighted by Gasteiger charge is -2.02. The van der Waals surface area contributed by atoms with Crippen LogP contribution in [0.15, 0.2) is 22.6 Å². The number of carboxylic acid groups (broad SMARTS) is 1. The molecule has 0 radical (unpaired) electrons. The summed E-state index contributed by atoms with van der Waals surface area (Å²) in [6, 6.07) is 5.28. The van der Waals surface area contributed by atoms with Crippen molar-refractivity contribution in [3.8, 4) is 5.75 Å². The summed E-state index contributed by atoms with van der Waals surface area (Å²) in [6.07, 6.45) is 0.721. The van der Waals surface area contributed by atoms with Crippen LogP contribution >= 0.6 is 0 Å². The van der Waals surface area contributed by atoms with Crippen LogP contribution < -0.4 is 4.74 Å². The van der Waals surface area contributed by atoms with Crippen LogP contribution in [0.2, 0.25) is 0 Å². The van der Waals surface area contributed by atoms with E-state index in [4.69, 9.17) is 14.3 Å². The third-order valence-electron chi connectivity index (χ3n) is 2.29. The average Bonchev–Trinajstić information content (AvgIpc) is 2.70. The van der Waals surface area contributed by atoms with Crippen molar-refractivity contribution in [2.24, 2.45) is 0 Å². The van der Waals surface area contributed by atoms with Gasteiger partial charge in [0.05, 0.1) is 13.0 Å². The number of aryl methyl sites for hydroxylation is 1. The fourth-order valence-corrected chi connectivity index (χ4v) is 1.45. The first-order valence-corrected chi connectivity index (χ1v) is 5.43. The van der Waals surface area contributed by atoms with Crippen LogP contribution in [0.1, 0.15) is 19.2 Å². The van der Waals surface area contributed by atoms with Gasteiger partial charge >= 0.3 is 5.97 Å². The normalized spacial score (nSPS) is 10.6. The zero-order chi connectivity index (χ0) is 12.3. The van der Waals surface area contributed by atoms with Gasteiger partial charge in [-0.1, -0.05) is 6.92 Å². The van der Waals surface area contributed by atoms with Crippen molar-refractivity contribution in [1.29, 1.82) is 0 Å². The molecule has 1 heterocycles. The monoisotopic (exact) mass is 235 g/mol. The first-order valence-electron chi connectivity index (χ1n) is 5.43. The lowest BCUT2D eigenvalue weighted by atomic mass is 10.3. The van der Waals surface area contributed by atoms with Gasteiger partial charge in [0.2, 0.25) is 0 Å². The minimum atomic E-state index is -0.876. The lowest BCUT2D eigenvalue weighted by Crippen LogP contribution is -2.04. The molecule has 0 saturated heterocycles. The van der Waals surface area contributed by atoms with Crippen LogP contribution in [0, 0.1) is 0 Å². The van der Waals surface area contributed by atoms with E-state index in [1.165, 1.54) is 0 Å². The molecule has 2 aromatic rings. The van der Waals surface area contributed by atoms with Gasteiger partial charge in [-0.05, 0) is 12.1 Å². The van der Waals surface area contributed by atoms with Gasteiger partial charge in [-0.25, -0.2) is 4.98 Å². The van der Waals surface area contributed by atoms with Crippen molar-refractivity contribution in [2.75, 3.05) is 6.61 Å². The molecule has 0 aliphatic rings. The third-order valence-corrected chi connectivity index (χ3v) is 2.29. The minimum absolute atomic E-state index is 0.0192. The van der Waals surface area contributed by atoms with E-state index in [1.807, 2.05) is 6.92 Å². The molecule has 0 fully saturated rings. The molecule has 0 amide bonds. The Kier molecular flexibility index (Phi) is 3.27. The van der Waals surface area contributed by atoms with Gasteiger partial charge in [0.15, 0.2) is 11.5 Å². The van der Waals surface area contributed by atoms with Gasteiger partial charge in [-0.3, -0.25) is 4.79 Å². The molecule has 90 valence electrons. The highest BCUT2D eigenvalue weighted by molar-refractivity contribution is 5.74. The van der Waals surface area contributed by atoms with Crippen LogP contribution in [-0.2, 0) is 11.2 Å². The number of carbonyl (C=O) groups is 1. The molecule has 0 aliphatic carbocycles. The molecule has 1 N–H and O–H groups in total. The number of oxazole rings is 1. The lowest BCUT2D eigenvalue weighted by molar-refractivity contribution is -0.137. The summed E-state index contributed by atoms with van der Waals surface area (Å²) >= 11 is 0. The maximum absolute atomic E-state index is 10.3. The minimum Gasteiger partial charge on any atom is -0.493 e. The molecule has 0 bridgehead atoms. The second-order valence-electron chi connectivity index (χ2n) is 3.58. The van der Waals surface area contributed by atoms with E-state index in [0.717, 1.165) is 11.9 Å². The standard InChI is InChI=1S/C12H13NO4/c1-2-11-13-9-4-3-8(7-10(9)17-11)16-6-5-12(14)15/h3-4,7H,2,5-6H2,1H3,(H,14,15). The summed E-state index contributed by atoms with van der Waals surface area (Å²) < 4.78 is 10.8. The first-order chi connectivity index (χ1) is 8.19. The zero-order valence-electron chi connectivity index (χ0n) is 9.47. The predicted octanol–water partition coefficient (Wildman–Crippen LogP) is 2.24. The SMILES string of the molecule is CCc1nc2ccc(OCCC(=O)O)cc2o1. The molecule has 0 atom stereocenters. The summed E-state index contributed by atoms with van der Waals surface area (Å²) in [5.41, 5.74) is 1.45. The fourth-order valence-electron chi connectivity index (χ4n) is 1.45. The zero-order valence-corrected chi connectivity index (χ0v) is 9.47. The highest BCUT2D eigenvalue weighted by atomic mass is 16.5. The Hall–Kier alpha value is -2.04. The molecular weight excluding hydrogens is 222 g/mol. The Balaban J connectivity index is 2.11. The van der Waals surface area contributed by atoms with Gasteiger partial charge in [0, 0.05) is 12.5 Å². The van der Waals surface area contributed by atoms with Crippen LogP contribution in [0.5, 0.6) is 5.75 Å². The predicted molar refractivity (Wildman–Crippen MR) is 61.1 cm³/mol. The molecule has 17 heavy (non-hydrogen) atoms. The Labute approximate surface area is 98.0 Å². The van der Waals surface area contributed by atoms with Crippen LogP contribution in [-0.4, -0.2) is 22.7 Å². The second kappa shape index (κ2) is 4.86. The molecule has 2 rings (SSSR count). The number of rotatable bonds is 5. The van der Waals surface area contributed by atoms with Crippen molar-refractivity contribution in [3.63, 3.8) is 0 Å². The maximum Gasteiger partial charge on any atom is 0.306 e. The summed E-state index contributed by atoms with van der Waals surface area (Å²) in [4.78, 5) is 14.6. The van der Waals surface area contributed by atoms with Crippen molar-refractivity contribution in [3.05, 3.63) is 24.1 Å². The Morgan fingerprint density at radius 1 is 1.53 bits per heavy atom. The van der Waals surface area contributed by atoms with Gasteiger partial charge in [-0.2, -0.15) is 0 Å². The van der Waals surface area contributed by atoms with Crippen LogP contribution in [0.3, 0.4) is 0 Å². The van der Waals surface area contributed by atoms with Gasteiger partial charge < -0.3 is 14.3 Å². The van der Waals surface area contributed by atoms with Crippen LogP contribution in [0.4, 0.5) is 0 Å². The highest BCUT2D eigenvalue weighted by Gasteiger charge is 2.06. The van der Waals surface area contributed by atoms with Gasteiger partial charge in [0.1, 0.15) is 11.3 Å². The number of benzene rings is 1. The van der Waals surface area contributed by atoms with Crippen molar-refractivity contribution in [1.82, 2.24) is 4.98 Å². The molecule has 1 aromatic heterocycles. The van der Waals surface area contributed by atoms with Crippen LogP contribution in [0.25, 0.3) is 11.1 Å². The Bertz CT molecular complexity index is 532. The summed E-state index contributed by atoms with van der Waals surface area (Å²) in [7, 11) is 0. The Morgan fingerprint density at radius 2 is 2.35 bits per heavy atom. The second-order valence-corrected chi connectivity index (χ2v) is 3.58. The largest absolute Gasteiger partial charge is 0.493 e. The van der Waals surface area contributed by atoms with E-state index in [0.29, 0.717) is 17.2 Å². The van der Waals surface area contributed by atoms with E-state index in [9.17, 15) is 4.79 Å².